The molecule has 0 bridgehead atoms. The monoisotopic (exact) mass is 274 g/mol. The van der Waals surface area contributed by atoms with Crippen LogP contribution in [0.25, 0.3) is 0 Å². The van der Waals surface area contributed by atoms with Gasteiger partial charge in [-0.25, -0.2) is 0 Å². The summed E-state index contributed by atoms with van der Waals surface area (Å²) in [6.07, 6.45) is 2.50. The molecule has 2 N–H and O–H groups in total. The first-order valence-corrected chi connectivity index (χ1v) is 8.08. The minimum atomic E-state index is 0.355. The molecule has 0 aliphatic heterocycles. The van der Waals surface area contributed by atoms with Crippen LogP contribution in [-0.2, 0) is 0 Å². The van der Waals surface area contributed by atoms with Gasteiger partial charge in [0, 0.05) is 24.8 Å². The Morgan fingerprint density at radius 2 is 1.80 bits per heavy atom. The molecule has 1 aliphatic rings. The van der Waals surface area contributed by atoms with E-state index in [1.165, 1.54) is 24.1 Å². The van der Waals surface area contributed by atoms with Gasteiger partial charge in [-0.05, 0) is 56.6 Å². The Bertz CT molecular complexity index is 400. The molecule has 1 aromatic carbocycles. The van der Waals surface area contributed by atoms with Gasteiger partial charge in [0.1, 0.15) is 0 Å². The summed E-state index contributed by atoms with van der Waals surface area (Å²) in [6, 6.07) is 9.23. The van der Waals surface area contributed by atoms with E-state index in [4.69, 9.17) is 5.73 Å². The van der Waals surface area contributed by atoms with E-state index < -0.39 is 0 Å². The minimum Gasteiger partial charge on any atom is -0.371 e. The summed E-state index contributed by atoms with van der Waals surface area (Å²) in [4.78, 5) is 2.48. The molecule has 0 spiro atoms. The minimum absolute atomic E-state index is 0.355. The molecular weight excluding hydrogens is 244 g/mol. The summed E-state index contributed by atoms with van der Waals surface area (Å²) < 4.78 is 0. The van der Waals surface area contributed by atoms with Crippen LogP contribution in [0.2, 0.25) is 0 Å². The average Bonchev–Trinajstić information content (AvgIpc) is 2.39. The van der Waals surface area contributed by atoms with Crippen LogP contribution >= 0.6 is 0 Å². The molecule has 1 aromatic rings. The second-order valence-electron chi connectivity index (χ2n) is 6.76. The van der Waals surface area contributed by atoms with Gasteiger partial charge in [0.2, 0.25) is 0 Å². The first-order chi connectivity index (χ1) is 9.51. The first-order valence-electron chi connectivity index (χ1n) is 8.08. The number of aryl methyl sites for hydroxylation is 1. The highest BCUT2D eigenvalue weighted by atomic mass is 15.1. The zero-order valence-electron chi connectivity index (χ0n) is 13.5. The predicted molar refractivity (Wildman–Crippen MR) is 88.1 cm³/mol. The fraction of sp³-hybridized carbons (Fsp3) is 0.667. The third-order valence-electron chi connectivity index (χ3n) is 4.94. The molecule has 1 saturated carbocycles. The lowest BCUT2D eigenvalue weighted by Gasteiger charge is -2.41. The Balaban J connectivity index is 2.07. The van der Waals surface area contributed by atoms with Crippen LogP contribution in [-0.4, -0.2) is 19.1 Å². The van der Waals surface area contributed by atoms with Crippen molar-refractivity contribution in [1.82, 2.24) is 0 Å². The molecule has 2 heteroatoms. The van der Waals surface area contributed by atoms with Gasteiger partial charge in [-0.3, -0.25) is 0 Å². The van der Waals surface area contributed by atoms with Crippen LogP contribution in [0.1, 0.15) is 39.2 Å². The maximum atomic E-state index is 6.44. The van der Waals surface area contributed by atoms with E-state index in [9.17, 15) is 0 Å². The third-order valence-corrected chi connectivity index (χ3v) is 4.94. The maximum absolute atomic E-state index is 6.44. The molecular formula is C18H30N2. The third kappa shape index (κ3) is 3.54. The number of nitrogens with two attached hydrogens (primary N) is 1. The van der Waals surface area contributed by atoms with Crippen molar-refractivity contribution in [3.63, 3.8) is 0 Å². The van der Waals surface area contributed by atoms with Crippen molar-refractivity contribution in [2.45, 2.75) is 46.6 Å². The van der Waals surface area contributed by atoms with Gasteiger partial charge in [-0.1, -0.05) is 31.5 Å². The summed E-state index contributed by atoms with van der Waals surface area (Å²) in [5.74, 6) is 2.13. The van der Waals surface area contributed by atoms with E-state index in [1.54, 1.807) is 0 Å². The molecule has 0 saturated heterocycles. The molecule has 112 valence electrons. The lowest BCUT2D eigenvalue weighted by atomic mass is 9.72. The van der Waals surface area contributed by atoms with Gasteiger partial charge in [0.05, 0.1) is 0 Å². The number of hydrogen-bond acceptors (Lipinski definition) is 2. The molecule has 4 unspecified atom stereocenters. The standard InChI is InChI=1S/C18H30N2/c1-5-20(16-8-6-13(2)7-9-16)12-17-15(4)10-14(3)11-18(17)19/h6-9,14-15,17-18H,5,10-12,19H2,1-4H3. The highest BCUT2D eigenvalue weighted by Crippen LogP contribution is 2.34. The number of anilines is 1. The topological polar surface area (TPSA) is 29.3 Å². The number of rotatable bonds is 4. The molecule has 2 nitrogen and oxygen atoms in total. The summed E-state index contributed by atoms with van der Waals surface area (Å²) in [5.41, 5.74) is 9.09. The molecule has 20 heavy (non-hydrogen) atoms. The van der Waals surface area contributed by atoms with Crippen molar-refractivity contribution >= 4 is 5.69 Å². The van der Waals surface area contributed by atoms with Gasteiger partial charge in [0.25, 0.3) is 0 Å². The average molecular weight is 274 g/mol. The van der Waals surface area contributed by atoms with Gasteiger partial charge in [0.15, 0.2) is 0 Å². The van der Waals surface area contributed by atoms with Crippen LogP contribution in [0.5, 0.6) is 0 Å². The van der Waals surface area contributed by atoms with Gasteiger partial charge < -0.3 is 10.6 Å². The molecule has 1 fully saturated rings. The van der Waals surface area contributed by atoms with E-state index >= 15 is 0 Å². The lowest BCUT2D eigenvalue weighted by molar-refractivity contribution is 0.177. The number of nitrogens with zero attached hydrogens (tertiary/aromatic N) is 1. The maximum Gasteiger partial charge on any atom is 0.0366 e. The highest BCUT2D eigenvalue weighted by molar-refractivity contribution is 5.47. The Hall–Kier alpha value is -1.02. The Labute approximate surface area is 124 Å². The first kappa shape index (κ1) is 15.4. The highest BCUT2D eigenvalue weighted by Gasteiger charge is 2.32. The molecule has 0 aromatic heterocycles. The lowest BCUT2D eigenvalue weighted by Crippen LogP contribution is -2.46. The van der Waals surface area contributed by atoms with Crippen LogP contribution in [0, 0.1) is 24.7 Å². The normalized spacial score (nSPS) is 30.2. The summed E-state index contributed by atoms with van der Waals surface area (Å²) >= 11 is 0. The van der Waals surface area contributed by atoms with Crippen LogP contribution in [0.3, 0.4) is 0 Å². The quantitative estimate of drug-likeness (QED) is 0.904. The van der Waals surface area contributed by atoms with Gasteiger partial charge in [-0.15, -0.1) is 0 Å². The number of benzene rings is 1. The second-order valence-corrected chi connectivity index (χ2v) is 6.76. The molecule has 0 heterocycles. The molecule has 0 radical (unpaired) electrons. The SMILES string of the molecule is CCN(CC1C(C)CC(C)CC1N)c1ccc(C)cc1. The van der Waals surface area contributed by atoms with Crippen molar-refractivity contribution in [3.05, 3.63) is 29.8 Å². The molecule has 2 rings (SSSR count). The smallest absolute Gasteiger partial charge is 0.0366 e. The van der Waals surface area contributed by atoms with E-state index in [0.29, 0.717) is 12.0 Å². The Morgan fingerprint density at radius 3 is 2.35 bits per heavy atom. The van der Waals surface area contributed by atoms with Crippen molar-refractivity contribution in [2.24, 2.45) is 23.5 Å². The van der Waals surface area contributed by atoms with Gasteiger partial charge in [-0.2, -0.15) is 0 Å². The number of hydrogen-bond donors (Lipinski definition) is 1. The fourth-order valence-electron chi connectivity index (χ4n) is 3.71. The predicted octanol–water partition coefficient (Wildman–Crippen LogP) is 3.83. The Kier molecular flexibility index (Phi) is 5.09. The van der Waals surface area contributed by atoms with E-state index in [0.717, 1.165) is 24.9 Å². The zero-order valence-corrected chi connectivity index (χ0v) is 13.5. The van der Waals surface area contributed by atoms with Crippen molar-refractivity contribution in [1.29, 1.82) is 0 Å². The molecule has 4 atom stereocenters. The zero-order chi connectivity index (χ0) is 14.7. The summed E-state index contributed by atoms with van der Waals surface area (Å²) in [5, 5.41) is 0. The molecule has 0 amide bonds. The van der Waals surface area contributed by atoms with Crippen molar-refractivity contribution in [3.8, 4) is 0 Å². The summed E-state index contributed by atoms with van der Waals surface area (Å²) in [7, 11) is 0. The van der Waals surface area contributed by atoms with E-state index in [1.807, 2.05) is 0 Å². The second kappa shape index (κ2) is 6.62. The van der Waals surface area contributed by atoms with Crippen molar-refractivity contribution < 1.29 is 0 Å². The van der Waals surface area contributed by atoms with Gasteiger partial charge >= 0.3 is 0 Å². The fourth-order valence-corrected chi connectivity index (χ4v) is 3.71. The Morgan fingerprint density at radius 1 is 1.15 bits per heavy atom. The van der Waals surface area contributed by atoms with Crippen LogP contribution in [0.4, 0.5) is 5.69 Å². The van der Waals surface area contributed by atoms with Crippen LogP contribution in [0.15, 0.2) is 24.3 Å². The van der Waals surface area contributed by atoms with E-state index in [-0.39, 0.29) is 0 Å². The van der Waals surface area contributed by atoms with Crippen LogP contribution < -0.4 is 10.6 Å². The van der Waals surface area contributed by atoms with E-state index in [2.05, 4.69) is 56.9 Å². The largest absolute Gasteiger partial charge is 0.371 e. The summed E-state index contributed by atoms with van der Waals surface area (Å²) in [6.45, 7) is 11.2. The van der Waals surface area contributed by atoms with Crippen molar-refractivity contribution in [2.75, 3.05) is 18.0 Å². The molecule has 1 aliphatic carbocycles.